The van der Waals surface area contributed by atoms with Gasteiger partial charge in [-0.1, -0.05) is 18.2 Å². The van der Waals surface area contributed by atoms with E-state index < -0.39 is 11.7 Å². The van der Waals surface area contributed by atoms with E-state index in [1.54, 1.807) is 12.3 Å². The second-order valence-corrected chi connectivity index (χ2v) is 5.80. The molecule has 130 valence electrons. The lowest BCUT2D eigenvalue weighted by Crippen LogP contribution is -2.20. The molecule has 0 aliphatic rings. The van der Waals surface area contributed by atoms with Crippen LogP contribution in [-0.4, -0.2) is 28.4 Å². The highest BCUT2D eigenvalue weighted by Gasteiger charge is 2.18. The van der Waals surface area contributed by atoms with Crippen LogP contribution in [0.25, 0.3) is 22.0 Å². The van der Waals surface area contributed by atoms with Crippen LogP contribution in [0.1, 0.15) is 20.7 Å². The van der Waals surface area contributed by atoms with Gasteiger partial charge in [0.05, 0.1) is 24.7 Å². The number of methoxy groups -OCH3 is 1. The molecule has 0 saturated heterocycles. The molecule has 7 nitrogen and oxygen atoms in total. The first kappa shape index (κ1) is 15.9. The molecule has 2 aromatic carbocycles. The molecule has 0 amide bonds. The van der Waals surface area contributed by atoms with Crippen molar-refractivity contribution in [2.75, 3.05) is 7.11 Å². The number of ketones is 1. The van der Waals surface area contributed by atoms with Crippen LogP contribution in [-0.2, 0) is 11.3 Å². The van der Waals surface area contributed by atoms with Crippen LogP contribution in [0, 0.1) is 0 Å². The summed E-state index contributed by atoms with van der Waals surface area (Å²) in [6.45, 7) is -0.161. The summed E-state index contributed by atoms with van der Waals surface area (Å²) in [7, 11) is 1.27. The number of benzene rings is 2. The van der Waals surface area contributed by atoms with Gasteiger partial charge in [-0.25, -0.2) is 9.59 Å². The fourth-order valence-corrected chi connectivity index (χ4v) is 2.99. The van der Waals surface area contributed by atoms with Crippen LogP contribution in [0.4, 0.5) is 0 Å². The molecule has 0 saturated carbocycles. The van der Waals surface area contributed by atoms with E-state index in [0.717, 1.165) is 10.9 Å². The third kappa shape index (κ3) is 2.50. The molecule has 0 bridgehead atoms. The second-order valence-electron chi connectivity index (χ2n) is 5.80. The summed E-state index contributed by atoms with van der Waals surface area (Å²) in [6, 6.07) is 12.0. The van der Waals surface area contributed by atoms with Gasteiger partial charge in [0.25, 0.3) is 0 Å². The number of rotatable bonds is 4. The number of oxazole rings is 1. The number of Topliss-reactive ketones (excluding diaryl/α,β-unsaturated/α-hetero) is 1. The first-order valence-corrected chi connectivity index (χ1v) is 7.89. The van der Waals surface area contributed by atoms with Crippen molar-refractivity contribution < 1.29 is 18.7 Å². The first-order valence-electron chi connectivity index (χ1n) is 7.89. The Kier molecular flexibility index (Phi) is 3.69. The van der Waals surface area contributed by atoms with E-state index in [1.165, 1.54) is 23.8 Å². The number of ether oxygens (including phenoxy) is 1. The average Bonchev–Trinajstić information content (AvgIpc) is 3.22. The van der Waals surface area contributed by atoms with Gasteiger partial charge in [0.15, 0.2) is 11.4 Å². The lowest BCUT2D eigenvalue weighted by molar-refractivity contribution is 0.0600. The summed E-state index contributed by atoms with van der Waals surface area (Å²) in [6.07, 6.45) is 1.63. The molecule has 4 rings (SSSR count). The number of aromatic nitrogens is 2. The topological polar surface area (TPSA) is 94.3 Å². The number of esters is 1. The van der Waals surface area contributed by atoms with Crippen LogP contribution in [0.15, 0.2) is 57.9 Å². The van der Waals surface area contributed by atoms with Gasteiger partial charge >= 0.3 is 11.7 Å². The number of carbonyl (C=O) groups excluding carboxylic acids is 2. The van der Waals surface area contributed by atoms with Crippen molar-refractivity contribution in [2.24, 2.45) is 0 Å². The normalized spacial score (nSPS) is 11.1. The Labute approximate surface area is 146 Å². The highest BCUT2D eigenvalue weighted by molar-refractivity contribution is 6.08. The van der Waals surface area contributed by atoms with Crippen LogP contribution >= 0.6 is 0 Å². The zero-order valence-electron chi connectivity index (χ0n) is 13.8. The Hall–Kier alpha value is -3.61. The molecule has 1 N–H and O–H groups in total. The third-order valence-electron chi connectivity index (χ3n) is 4.28. The van der Waals surface area contributed by atoms with Gasteiger partial charge in [-0.3, -0.25) is 9.36 Å². The number of nitrogens with zero attached hydrogens (tertiary/aromatic N) is 1. The number of carbonyl (C=O) groups is 2. The number of H-pyrrole nitrogens is 1. The molecule has 4 aromatic rings. The number of hydrogen-bond donors (Lipinski definition) is 1. The maximum Gasteiger partial charge on any atom is 0.420 e. The predicted octanol–water partition coefficient (Wildman–Crippen LogP) is 2.75. The van der Waals surface area contributed by atoms with E-state index in [1.807, 2.05) is 24.3 Å². The van der Waals surface area contributed by atoms with Gasteiger partial charge < -0.3 is 14.1 Å². The second kappa shape index (κ2) is 6.03. The summed E-state index contributed by atoms with van der Waals surface area (Å²) in [5, 5.41) is 0.798. The van der Waals surface area contributed by atoms with Crippen LogP contribution in [0.3, 0.4) is 0 Å². The van der Waals surface area contributed by atoms with Crippen molar-refractivity contribution in [1.29, 1.82) is 0 Å². The lowest BCUT2D eigenvalue weighted by atomic mass is 10.1. The Morgan fingerprint density at radius 2 is 2.00 bits per heavy atom. The van der Waals surface area contributed by atoms with Gasteiger partial charge in [0.2, 0.25) is 0 Å². The van der Waals surface area contributed by atoms with Crippen molar-refractivity contribution in [3.8, 4) is 0 Å². The molecule has 0 radical (unpaired) electrons. The molecule has 0 fully saturated rings. The Morgan fingerprint density at radius 1 is 1.19 bits per heavy atom. The van der Waals surface area contributed by atoms with Gasteiger partial charge in [-0.15, -0.1) is 0 Å². The molecule has 0 unspecified atom stereocenters. The fourth-order valence-electron chi connectivity index (χ4n) is 2.99. The van der Waals surface area contributed by atoms with E-state index in [2.05, 4.69) is 9.72 Å². The average molecular weight is 350 g/mol. The summed E-state index contributed by atoms with van der Waals surface area (Å²) >= 11 is 0. The molecule has 26 heavy (non-hydrogen) atoms. The molecule has 2 aromatic heterocycles. The lowest BCUT2D eigenvalue weighted by Gasteiger charge is -2.02. The number of aromatic amines is 1. The predicted molar refractivity (Wildman–Crippen MR) is 94.4 cm³/mol. The monoisotopic (exact) mass is 350 g/mol. The molecule has 7 heteroatoms. The SMILES string of the molecule is COC(=O)c1ccc2c(c1)oc(=O)n2CC(=O)c1c[nH]c2ccccc12. The van der Waals surface area contributed by atoms with Gasteiger partial charge in [-0.2, -0.15) is 0 Å². The molecular formula is C19H14N2O5. The highest BCUT2D eigenvalue weighted by Crippen LogP contribution is 2.20. The van der Waals surface area contributed by atoms with E-state index in [4.69, 9.17) is 4.42 Å². The molecular weight excluding hydrogens is 336 g/mol. The number of para-hydroxylation sites is 1. The van der Waals surface area contributed by atoms with Crippen molar-refractivity contribution in [3.05, 3.63) is 70.3 Å². The van der Waals surface area contributed by atoms with Crippen molar-refractivity contribution in [3.63, 3.8) is 0 Å². The largest absolute Gasteiger partial charge is 0.465 e. The van der Waals surface area contributed by atoms with Crippen LogP contribution in [0.5, 0.6) is 0 Å². The minimum absolute atomic E-state index is 0.161. The molecule has 0 spiro atoms. The molecule has 2 heterocycles. The molecule has 0 atom stereocenters. The summed E-state index contributed by atoms with van der Waals surface area (Å²) in [5.41, 5.74) is 2.29. The fraction of sp³-hybridized carbons (Fsp3) is 0.105. The maximum absolute atomic E-state index is 12.7. The van der Waals surface area contributed by atoms with Crippen LogP contribution in [0.2, 0.25) is 0 Å². The zero-order chi connectivity index (χ0) is 18.3. The number of fused-ring (bicyclic) bond motifs is 2. The maximum atomic E-state index is 12.7. The Bertz CT molecular complexity index is 1210. The highest BCUT2D eigenvalue weighted by atomic mass is 16.5. The van der Waals surface area contributed by atoms with E-state index >= 15 is 0 Å². The standard InChI is InChI=1S/C19H14N2O5/c1-25-18(23)11-6-7-15-17(8-11)26-19(24)21(15)10-16(22)13-9-20-14-5-3-2-4-12(13)14/h2-9,20H,10H2,1H3. The number of hydrogen-bond acceptors (Lipinski definition) is 5. The Morgan fingerprint density at radius 3 is 2.81 bits per heavy atom. The third-order valence-corrected chi connectivity index (χ3v) is 4.28. The van der Waals surface area contributed by atoms with Crippen molar-refractivity contribution in [1.82, 2.24) is 9.55 Å². The van der Waals surface area contributed by atoms with E-state index in [0.29, 0.717) is 11.1 Å². The summed E-state index contributed by atoms with van der Waals surface area (Å²) in [4.78, 5) is 39.5. The minimum atomic E-state index is -0.657. The van der Waals surface area contributed by atoms with E-state index in [-0.39, 0.29) is 23.5 Å². The summed E-state index contributed by atoms with van der Waals surface area (Å²) in [5.74, 6) is -1.41. The van der Waals surface area contributed by atoms with Crippen molar-refractivity contribution in [2.45, 2.75) is 6.54 Å². The van der Waals surface area contributed by atoms with Crippen molar-refractivity contribution >= 4 is 33.8 Å². The smallest absolute Gasteiger partial charge is 0.420 e. The first-order chi connectivity index (χ1) is 12.6. The zero-order valence-corrected chi connectivity index (χ0v) is 13.8. The minimum Gasteiger partial charge on any atom is -0.465 e. The van der Waals surface area contributed by atoms with Gasteiger partial charge in [-0.05, 0) is 24.3 Å². The molecule has 0 aliphatic heterocycles. The molecule has 0 aliphatic carbocycles. The van der Waals surface area contributed by atoms with Gasteiger partial charge in [0.1, 0.15) is 0 Å². The summed E-state index contributed by atoms with van der Waals surface area (Å²) < 4.78 is 11.1. The van der Waals surface area contributed by atoms with E-state index in [9.17, 15) is 14.4 Å². The van der Waals surface area contributed by atoms with Gasteiger partial charge in [0, 0.05) is 22.7 Å². The van der Waals surface area contributed by atoms with Crippen LogP contribution < -0.4 is 5.76 Å². The quantitative estimate of drug-likeness (QED) is 0.451. The number of nitrogens with one attached hydrogen (secondary N) is 1. The Balaban J connectivity index is 1.73.